The van der Waals surface area contributed by atoms with E-state index in [0.717, 1.165) is 38.0 Å². The molecule has 1 N–H and O–H groups in total. The van der Waals surface area contributed by atoms with Crippen molar-refractivity contribution in [2.45, 2.75) is 57.3 Å². The number of nitrogens with one attached hydrogen (secondary N) is 1. The summed E-state index contributed by atoms with van der Waals surface area (Å²) in [5.41, 5.74) is -0.0580. The number of alkyl halides is 3. The first-order valence-electron chi connectivity index (χ1n) is 10.1. The molecule has 2 aliphatic heterocycles. The number of benzene rings is 1. The molecule has 3 aliphatic rings. The van der Waals surface area contributed by atoms with Crippen LogP contribution < -0.4 is 5.32 Å². The fourth-order valence-corrected chi connectivity index (χ4v) is 4.51. The first kappa shape index (κ1) is 20.2. The second kappa shape index (κ2) is 7.63. The highest BCUT2D eigenvalue weighted by molar-refractivity contribution is 5.98. The van der Waals surface area contributed by atoms with Gasteiger partial charge in [-0.2, -0.15) is 13.2 Å². The molecular formula is C21H25F3N2O3. The molecule has 158 valence electrons. The van der Waals surface area contributed by atoms with Crippen LogP contribution in [-0.4, -0.2) is 42.0 Å². The number of fused-ring (bicyclic) bond motifs is 1. The first-order chi connectivity index (χ1) is 13.7. The number of carbonyl (C=O) groups is 2. The van der Waals surface area contributed by atoms with Crippen molar-refractivity contribution in [3.63, 3.8) is 0 Å². The number of nitrogens with zero attached hydrogens (tertiary/aromatic N) is 1. The predicted molar refractivity (Wildman–Crippen MR) is 100 cm³/mol. The molecule has 8 heteroatoms. The number of piperidine rings is 1. The largest absolute Gasteiger partial charge is 0.416 e. The SMILES string of the molecule is Cc1cc(C(F)(F)F)ccc1NC(=O)[C@@H]1C[C@@H]2C[C@@H]2N1C(=O)CC[C@@H]1CCOC1. The Morgan fingerprint density at radius 2 is 2.07 bits per heavy atom. The number of halogens is 3. The molecule has 1 aromatic carbocycles. The Bertz CT molecular complexity index is 805. The van der Waals surface area contributed by atoms with Crippen LogP contribution in [0.1, 0.15) is 43.2 Å². The average Bonchev–Trinajstić information content (AvgIpc) is 3.06. The van der Waals surface area contributed by atoms with Gasteiger partial charge in [0.05, 0.1) is 5.56 Å². The predicted octanol–water partition coefficient (Wildman–Crippen LogP) is 3.76. The number of hydrogen-bond donors (Lipinski definition) is 1. The van der Waals surface area contributed by atoms with Crippen LogP contribution in [0.2, 0.25) is 0 Å². The van der Waals surface area contributed by atoms with E-state index in [9.17, 15) is 22.8 Å². The monoisotopic (exact) mass is 410 g/mol. The van der Waals surface area contributed by atoms with Gasteiger partial charge < -0.3 is 15.0 Å². The van der Waals surface area contributed by atoms with E-state index >= 15 is 0 Å². The number of anilines is 1. The van der Waals surface area contributed by atoms with E-state index in [1.165, 1.54) is 13.0 Å². The third-order valence-corrected chi connectivity index (χ3v) is 6.30. The summed E-state index contributed by atoms with van der Waals surface area (Å²) in [6.45, 7) is 2.96. The summed E-state index contributed by atoms with van der Waals surface area (Å²) < 4.78 is 43.9. The van der Waals surface area contributed by atoms with Gasteiger partial charge in [0.25, 0.3) is 0 Å². The number of likely N-dealkylation sites (tertiary alicyclic amines) is 1. The van der Waals surface area contributed by atoms with Gasteiger partial charge in [-0.3, -0.25) is 9.59 Å². The topological polar surface area (TPSA) is 58.6 Å². The average molecular weight is 410 g/mol. The van der Waals surface area contributed by atoms with Crippen LogP contribution in [0, 0.1) is 18.8 Å². The van der Waals surface area contributed by atoms with E-state index < -0.39 is 17.8 Å². The summed E-state index contributed by atoms with van der Waals surface area (Å²) in [7, 11) is 0. The van der Waals surface area contributed by atoms with Gasteiger partial charge in [0.1, 0.15) is 6.04 Å². The van der Waals surface area contributed by atoms with E-state index in [1.54, 1.807) is 4.90 Å². The highest BCUT2D eigenvalue weighted by Gasteiger charge is 2.55. The van der Waals surface area contributed by atoms with E-state index in [-0.39, 0.29) is 17.9 Å². The van der Waals surface area contributed by atoms with Crippen molar-refractivity contribution < 1.29 is 27.5 Å². The van der Waals surface area contributed by atoms with Crippen molar-refractivity contribution in [3.8, 4) is 0 Å². The van der Waals surface area contributed by atoms with Crippen molar-refractivity contribution in [1.29, 1.82) is 0 Å². The van der Waals surface area contributed by atoms with Crippen molar-refractivity contribution in [1.82, 2.24) is 4.90 Å². The molecule has 29 heavy (non-hydrogen) atoms. The first-order valence-corrected chi connectivity index (χ1v) is 10.1. The maximum absolute atomic E-state index is 12.8. The number of aryl methyl sites for hydroxylation is 1. The van der Waals surface area contributed by atoms with E-state index in [1.807, 2.05) is 0 Å². The molecule has 0 unspecified atom stereocenters. The number of ether oxygens (including phenoxy) is 1. The van der Waals surface area contributed by atoms with Crippen LogP contribution in [0.3, 0.4) is 0 Å². The maximum Gasteiger partial charge on any atom is 0.416 e. The molecule has 1 saturated carbocycles. The van der Waals surface area contributed by atoms with E-state index in [0.29, 0.717) is 42.5 Å². The summed E-state index contributed by atoms with van der Waals surface area (Å²) >= 11 is 0. The fraction of sp³-hybridized carbons (Fsp3) is 0.619. The number of rotatable bonds is 5. The van der Waals surface area contributed by atoms with Gasteiger partial charge in [-0.15, -0.1) is 0 Å². The molecule has 4 rings (SSSR count). The van der Waals surface area contributed by atoms with Crippen molar-refractivity contribution in [3.05, 3.63) is 29.3 Å². The summed E-state index contributed by atoms with van der Waals surface area (Å²) in [4.78, 5) is 27.4. The number of amides is 2. The molecule has 2 heterocycles. The van der Waals surface area contributed by atoms with Crippen molar-refractivity contribution in [2.24, 2.45) is 11.8 Å². The van der Waals surface area contributed by atoms with Crippen LogP contribution in [0.4, 0.5) is 18.9 Å². The highest BCUT2D eigenvalue weighted by atomic mass is 19.4. The molecule has 2 amide bonds. The molecule has 2 saturated heterocycles. The minimum atomic E-state index is -4.42. The lowest BCUT2D eigenvalue weighted by molar-refractivity contribution is -0.138. The molecule has 0 spiro atoms. The zero-order valence-corrected chi connectivity index (χ0v) is 16.3. The standard InChI is InChI=1S/C21H25F3N2O3/c1-12-8-15(21(22,23)24)3-4-16(12)25-20(28)18-10-14-9-17(14)26(18)19(27)5-2-13-6-7-29-11-13/h3-4,8,13-14,17-18H,2,5-7,9-11H2,1H3,(H,25,28)/t13-,14+,17+,18+/m1/s1. The lowest BCUT2D eigenvalue weighted by atomic mass is 10.0. The Kier molecular flexibility index (Phi) is 5.31. The Morgan fingerprint density at radius 3 is 2.72 bits per heavy atom. The zero-order chi connectivity index (χ0) is 20.8. The lowest BCUT2D eigenvalue weighted by Crippen LogP contribution is -2.45. The van der Waals surface area contributed by atoms with Crippen molar-refractivity contribution >= 4 is 17.5 Å². The molecular weight excluding hydrogens is 385 g/mol. The highest BCUT2D eigenvalue weighted by Crippen LogP contribution is 2.48. The van der Waals surface area contributed by atoms with E-state index in [4.69, 9.17) is 4.74 Å². The summed E-state index contributed by atoms with van der Waals surface area (Å²) in [6.07, 6.45) is -0.737. The molecule has 3 fully saturated rings. The van der Waals surface area contributed by atoms with Gasteiger partial charge in [0.2, 0.25) is 11.8 Å². The molecule has 1 aliphatic carbocycles. The van der Waals surface area contributed by atoms with Gasteiger partial charge in [-0.25, -0.2) is 0 Å². The maximum atomic E-state index is 12.8. The van der Waals surface area contributed by atoms with Crippen LogP contribution in [0.15, 0.2) is 18.2 Å². The summed E-state index contributed by atoms with van der Waals surface area (Å²) in [5, 5.41) is 2.73. The third-order valence-electron chi connectivity index (χ3n) is 6.30. The Labute approximate surface area is 167 Å². The minimum absolute atomic E-state index is 0.00816. The Morgan fingerprint density at radius 1 is 1.28 bits per heavy atom. The van der Waals surface area contributed by atoms with Gasteiger partial charge in [-0.1, -0.05) is 0 Å². The van der Waals surface area contributed by atoms with Gasteiger partial charge in [0, 0.05) is 31.4 Å². The van der Waals surface area contributed by atoms with Crippen LogP contribution >= 0.6 is 0 Å². The van der Waals surface area contributed by atoms with Crippen LogP contribution in [-0.2, 0) is 20.5 Å². The zero-order valence-electron chi connectivity index (χ0n) is 16.3. The summed E-state index contributed by atoms with van der Waals surface area (Å²) in [6, 6.07) is 2.84. The van der Waals surface area contributed by atoms with E-state index in [2.05, 4.69) is 5.32 Å². The second-order valence-electron chi connectivity index (χ2n) is 8.40. The molecule has 5 nitrogen and oxygen atoms in total. The Hall–Kier alpha value is -2.09. The second-order valence-corrected chi connectivity index (χ2v) is 8.40. The summed E-state index contributed by atoms with van der Waals surface area (Å²) in [5.74, 6) is 0.431. The van der Waals surface area contributed by atoms with Crippen molar-refractivity contribution in [2.75, 3.05) is 18.5 Å². The molecule has 0 bridgehead atoms. The lowest BCUT2D eigenvalue weighted by Gasteiger charge is -2.27. The fourth-order valence-electron chi connectivity index (χ4n) is 4.51. The van der Waals surface area contributed by atoms with Crippen LogP contribution in [0.5, 0.6) is 0 Å². The minimum Gasteiger partial charge on any atom is -0.381 e. The smallest absolute Gasteiger partial charge is 0.381 e. The van der Waals surface area contributed by atoms with Gasteiger partial charge in [-0.05, 0) is 68.2 Å². The quantitative estimate of drug-likeness (QED) is 0.804. The molecule has 0 radical (unpaired) electrons. The number of carbonyl (C=O) groups excluding carboxylic acids is 2. The molecule has 1 aromatic rings. The third kappa shape index (κ3) is 4.27. The normalized spacial score (nSPS) is 28.3. The number of hydrogen-bond acceptors (Lipinski definition) is 3. The molecule has 4 atom stereocenters. The van der Waals surface area contributed by atoms with Crippen LogP contribution in [0.25, 0.3) is 0 Å². The Balaban J connectivity index is 1.40. The van der Waals surface area contributed by atoms with Gasteiger partial charge in [0.15, 0.2) is 0 Å². The molecule has 0 aromatic heterocycles. The van der Waals surface area contributed by atoms with Gasteiger partial charge >= 0.3 is 6.18 Å².